The predicted molar refractivity (Wildman–Crippen MR) is 119 cm³/mol. The number of anilines is 2. The number of hydrogen-bond donors (Lipinski definition) is 2. The third kappa shape index (κ3) is 4.89. The highest BCUT2D eigenvalue weighted by Crippen LogP contribution is 2.26. The third-order valence-corrected chi connectivity index (χ3v) is 6.02. The fraction of sp³-hybridized carbons (Fsp3) is 0.136. The summed E-state index contributed by atoms with van der Waals surface area (Å²) in [5.74, 6) is -0.658. The Morgan fingerprint density at radius 1 is 0.935 bits per heavy atom. The average Bonchev–Trinajstić information content (AvgIpc) is 2.71. The molecule has 0 saturated heterocycles. The number of para-hydroxylation sites is 2. The minimum atomic E-state index is -3.96. The van der Waals surface area contributed by atoms with Gasteiger partial charge in [-0.05, 0) is 56.2 Å². The van der Waals surface area contributed by atoms with E-state index in [4.69, 9.17) is 0 Å². The summed E-state index contributed by atoms with van der Waals surface area (Å²) < 4.78 is 28.5. The standard InChI is InChI=1S/C22H21N3O5S/c1-14-11-15(2)21(16(3)12-14)24-31(29,30)18-8-6-7-17(13-18)22(26)23-19-9-4-5-10-20(19)25(27)28/h4-13,24H,1-3H3,(H,23,26). The van der Waals surface area contributed by atoms with Crippen molar-refractivity contribution in [3.8, 4) is 0 Å². The highest BCUT2D eigenvalue weighted by Gasteiger charge is 2.20. The van der Waals surface area contributed by atoms with Crippen LogP contribution in [0.2, 0.25) is 0 Å². The summed E-state index contributed by atoms with van der Waals surface area (Å²) in [5.41, 5.74) is 2.89. The number of benzene rings is 3. The highest BCUT2D eigenvalue weighted by molar-refractivity contribution is 7.92. The lowest BCUT2D eigenvalue weighted by atomic mass is 10.1. The lowest BCUT2D eigenvalue weighted by molar-refractivity contribution is -0.383. The highest BCUT2D eigenvalue weighted by atomic mass is 32.2. The molecule has 0 bridgehead atoms. The van der Waals surface area contributed by atoms with Gasteiger partial charge in [-0.2, -0.15) is 0 Å². The van der Waals surface area contributed by atoms with E-state index >= 15 is 0 Å². The summed E-state index contributed by atoms with van der Waals surface area (Å²) in [6.07, 6.45) is 0. The number of nitrogens with zero attached hydrogens (tertiary/aromatic N) is 1. The Balaban J connectivity index is 1.89. The molecule has 0 saturated carbocycles. The molecule has 0 aliphatic carbocycles. The number of nitrogens with one attached hydrogen (secondary N) is 2. The Bertz CT molecular complexity index is 1260. The molecule has 3 aromatic rings. The largest absolute Gasteiger partial charge is 0.316 e. The number of carbonyl (C=O) groups excluding carboxylic acids is 1. The number of hydrogen-bond acceptors (Lipinski definition) is 5. The van der Waals surface area contributed by atoms with Gasteiger partial charge in [-0.3, -0.25) is 19.6 Å². The van der Waals surface area contributed by atoms with Crippen molar-refractivity contribution in [2.75, 3.05) is 10.0 Å². The summed E-state index contributed by atoms with van der Waals surface area (Å²) >= 11 is 0. The fourth-order valence-corrected chi connectivity index (χ4v) is 4.52. The minimum absolute atomic E-state index is 0.0230. The number of nitro groups is 1. The molecule has 0 aromatic heterocycles. The maximum absolute atomic E-state index is 12.9. The summed E-state index contributed by atoms with van der Waals surface area (Å²) in [7, 11) is -3.96. The van der Waals surface area contributed by atoms with Crippen molar-refractivity contribution in [2.45, 2.75) is 25.7 Å². The second kappa shape index (κ2) is 8.57. The zero-order chi connectivity index (χ0) is 22.8. The van der Waals surface area contributed by atoms with Crippen LogP contribution in [-0.2, 0) is 10.0 Å². The van der Waals surface area contributed by atoms with Crippen LogP contribution in [0.3, 0.4) is 0 Å². The van der Waals surface area contributed by atoms with Gasteiger partial charge in [0.1, 0.15) is 5.69 Å². The zero-order valence-electron chi connectivity index (χ0n) is 17.2. The average molecular weight is 439 g/mol. The monoisotopic (exact) mass is 439 g/mol. The first-order valence-corrected chi connectivity index (χ1v) is 10.8. The van der Waals surface area contributed by atoms with Gasteiger partial charge in [-0.25, -0.2) is 8.42 Å². The quantitative estimate of drug-likeness (QED) is 0.431. The number of carbonyl (C=O) groups is 1. The predicted octanol–water partition coefficient (Wildman–Crippen LogP) is 4.57. The molecule has 0 spiro atoms. The molecule has 3 aromatic carbocycles. The first-order valence-electron chi connectivity index (χ1n) is 9.34. The van der Waals surface area contributed by atoms with E-state index in [0.717, 1.165) is 16.7 Å². The van der Waals surface area contributed by atoms with Crippen molar-refractivity contribution < 1.29 is 18.1 Å². The molecular formula is C22H21N3O5S. The lowest BCUT2D eigenvalue weighted by Crippen LogP contribution is -2.17. The molecule has 31 heavy (non-hydrogen) atoms. The first kappa shape index (κ1) is 22.0. The van der Waals surface area contributed by atoms with Crippen molar-refractivity contribution >= 4 is 33.0 Å². The van der Waals surface area contributed by atoms with Gasteiger partial charge in [-0.1, -0.05) is 35.9 Å². The van der Waals surface area contributed by atoms with E-state index in [1.165, 1.54) is 42.5 Å². The summed E-state index contributed by atoms with van der Waals surface area (Å²) in [6.45, 7) is 5.56. The van der Waals surface area contributed by atoms with E-state index < -0.39 is 20.9 Å². The van der Waals surface area contributed by atoms with Crippen LogP contribution in [0, 0.1) is 30.9 Å². The molecule has 9 heteroatoms. The van der Waals surface area contributed by atoms with Gasteiger partial charge in [-0.15, -0.1) is 0 Å². The Morgan fingerprint density at radius 3 is 2.23 bits per heavy atom. The third-order valence-electron chi connectivity index (χ3n) is 4.67. The van der Waals surface area contributed by atoms with E-state index in [1.807, 2.05) is 32.9 Å². The normalized spacial score (nSPS) is 11.1. The van der Waals surface area contributed by atoms with Crippen molar-refractivity contribution in [2.24, 2.45) is 0 Å². The Labute approximate surface area is 180 Å². The molecule has 0 heterocycles. The summed E-state index contributed by atoms with van der Waals surface area (Å²) in [5, 5.41) is 13.6. The maximum Gasteiger partial charge on any atom is 0.292 e. The molecule has 0 radical (unpaired) electrons. The second-order valence-electron chi connectivity index (χ2n) is 7.14. The number of aryl methyl sites for hydroxylation is 3. The van der Waals surface area contributed by atoms with Crippen LogP contribution in [0.15, 0.2) is 65.6 Å². The van der Waals surface area contributed by atoms with Crippen molar-refractivity contribution in [1.82, 2.24) is 0 Å². The molecule has 0 unspecified atom stereocenters. The van der Waals surface area contributed by atoms with Crippen LogP contribution >= 0.6 is 0 Å². The Morgan fingerprint density at radius 2 is 1.58 bits per heavy atom. The van der Waals surface area contributed by atoms with E-state index in [0.29, 0.717) is 5.69 Å². The van der Waals surface area contributed by atoms with Gasteiger partial charge < -0.3 is 5.32 Å². The van der Waals surface area contributed by atoms with E-state index in [9.17, 15) is 23.3 Å². The Kier molecular flexibility index (Phi) is 6.07. The van der Waals surface area contributed by atoms with Gasteiger partial charge in [0.05, 0.1) is 15.5 Å². The lowest BCUT2D eigenvalue weighted by Gasteiger charge is -2.15. The second-order valence-corrected chi connectivity index (χ2v) is 8.82. The molecule has 0 aliphatic heterocycles. The molecule has 8 nitrogen and oxygen atoms in total. The van der Waals surface area contributed by atoms with Gasteiger partial charge >= 0.3 is 0 Å². The van der Waals surface area contributed by atoms with E-state index in [2.05, 4.69) is 10.0 Å². The minimum Gasteiger partial charge on any atom is -0.316 e. The maximum atomic E-state index is 12.9. The van der Waals surface area contributed by atoms with Crippen molar-refractivity contribution in [1.29, 1.82) is 0 Å². The SMILES string of the molecule is Cc1cc(C)c(NS(=O)(=O)c2cccc(C(=O)Nc3ccccc3[N+](=O)[O-])c2)c(C)c1. The Hall–Kier alpha value is -3.72. The van der Waals surface area contributed by atoms with E-state index in [-0.39, 0.29) is 21.8 Å². The van der Waals surface area contributed by atoms with Gasteiger partial charge in [0.2, 0.25) is 0 Å². The van der Waals surface area contributed by atoms with Crippen LogP contribution in [0.5, 0.6) is 0 Å². The zero-order valence-corrected chi connectivity index (χ0v) is 18.0. The fourth-order valence-electron chi connectivity index (χ4n) is 3.27. The van der Waals surface area contributed by atoms with Crippen molar-refractivity contribution in [3.63, 3.8) is 0 Å². The smallest absolute Gasteiger partial charge is 0.292 e. The van der Waals surface area contributed by atoms with Crippen LogP contribution in [0.1, 0.15) is 27.0 Å². The number of nitro benzene ring substituents is 1. The van der Waals surface area contributed by atoms with Gasteiger partial charge in [0.15, 0.2) is 0 Å². The van der Waals surface area contributed by atoms with E-state index in [1.54, 1.807) is 6.07 Å². The van der Waals surface area contributed by atoms with Gasteiger partial charge in [0, 0.05) is 11.6 Å². The summed E-state index contributed by atoms with van der Waals surface area (Å²) in [4.78, 5) is 23.1. The molecular weight excluding hydrogens is 418 g/mol. The van der Waals surface area contributed by atoms with Gasteiger partial charge in [0.25, 0.3) is 21.6 Å². The van der Waals surface area contributed by atoms with Crippen LogP contribution in [0.25, 0.3) is 0 Å². The molecule has 0 fully saturated rings. The molecule has 3 rings (SSSR count). The van der Waals surface area contributed by atoms with Crippen LogP contribution in [-0.4, -0.2) is 19.2 Å². The van der Waals surface area contributed by atoms with Crippen molar-refractivity contribution in [3.05, 3.63) is 93.0 Å². The molecule has 2 N–H and O–H groups in total. The van der Waals surface area contributed by atoms with Crippen LogP contribution in [0.4, 0.5) is 17.1 Å². The first-order chi connectivity index (χ1) is 14.6. The number of rotatable bonds is 6. The summed E-state index contributed by atoms with van der Waals surface area (Å²) in [6, 6.07) is 15.0. The molecule has 0 atom stereocenters. The molecule has 160 valence electrons. The number of amides is 1. The topological polar surface area (TPSA) is 118 Å². The molecule has 0 aliphatic rings. The van der Waals surface area contributed by atoms with Crippen LogP contribution < -0.4 is 10.0 Å². The number of sulfonamides is 1. The molecule has 1 amide bonds.